The Balaban J connectivity index is 1.42. The lowest BCUT2D eigenvalue weighted by atomic mass is 10.1. The van der Waals surface area contributed by atoms with Crippen LogP contribution in [0.15, 0.2) is 49.0 Å². The normalized spacial score (nSPS) is 22.4. The van der Waals surface area contributed by atoms with Gasteiger partial charge in [-0.2, -0.15) is 0 Å². The van der Waals surface area contributed by atoms with Crippen LogP contribution < -0.4 is 9.47 Å². The summed E-state index contributed by atoms with van der Waals surface area (Å²) < 4.78 is 41.9. The minimum absolute atomic E-state index is 0.481. The molecule has 0 aromatic heterocycles. The van der Waals surface area contributed by atoms with E-state index in [2.05, 4.69) is 28.5 Å². The highest BCUT2D eigenvalue weighted by Gasteiger charge is 2.13. The molecular weight excluding hydrogens is 524 g/mol. The molecule has 226 valence electrons. The Bertz CT molecular complexity index is 984. The monoisotopic (exact) mass is 570 g/mol. The van der Waals surface area contributed by atoms with E-state index in [1.54, 1.807) is 0 Å². The first kappa shape index (κ1) is 31.4. The second kappa shape index (κ2) is 18.8. The zero-order valence-electron chi connectivity index (χ0n) is 24.3. The molecule has 1 fully saturated rings. The summed E-state index contributed by atoms with van der Waals surface area (Å²) in [5, 5.41) is 0. The maximum atomic E-state index is 6.32. The van der Waals surface area contributed by atoms with E-state index in [0.717, 1.165) is 67.5 Å². The predicted octanol–water partition coefficient (Wildman–Crippen LogP) is 3.50. The third-order valence-corrected chi connectivity index (χ3v) is 7.04. The third-order valence-electron chi connectivity index (χ3n) is 7.04. The third kappa shape index (κ3) is 12.1. The second-order valence-corrected chi connectivity index (χ2v) is 10.0. The zero-order chi connectivity index (χ0) is 28.4. The Morgan fingerprint density at radius 1 is 0.561 bits per heavy atom. The molecule has 5 rings (SSSR count). The van der Waals surface area contributed by atoms with E-state index < -0.39 is 0 Å². The molecule has 0 saturated carbocycles. The molecule has 2 bridgehead atoms. The van der Waals surface area contributed by atoms with Crippen LogP contribution in [-0.4, -0.2) is 115 Å². The molecule has 0 unspecified atom stereocenters. The fourth-order valence-corrected chi connectivity index (χ4v) is 4.57. The van der Waals surface area contributed by atoms with E-state index in [1.807, 2.05) is 36.4 Å². The average molecular weight is 571 g/mol. The van der Waals surface area contributed by atoms with Gasteiger partial charge in [-0.1, -0.05) is 43.0 Å². The largest absolute Gasteiger partial charge is 0.488 e. The quantitative estimate of drug-likeness (QED) is 0.537. The summed E-state index contributed by atoms with van der Waals surface area (Å²) >= 11 is 0. The van der Waals surface area contributed by atoms with Crippen LogP contribution in [-0.2, 0) is 36.9 Å². The zero-order valence-corrected chi connectivity index (χ0v) is 24.3. The van der Waals surface area contributed by atoms with Gasteiger partial charge in [0, 0.05) is 39.3 Å². The number of ether oxygens (including phenoxy) is 7. The Morgan fingerprint density at radius 2 is 1.02 bits per heavy atom. The van der Waals surface area contributed by atoms with E-state index in [9.17, 15) is 0 Å². The first-order valence-corrected chi connectivity index (χ1v) is 14.7. The van der Waals surface area contributed by atoms with Crippen molar-refractivity contribution in [2.75, 3.05) is 105 Å². The van der Waals surface area contributed by atoms with Crippen molar-refractivity contribution in [3.63, 3.8) is 0 Å². The summed E-state index contributed by atoms with van der Waals surface area (Å²) in [6, 6.07) is 14.3. The van der Waals surface area contributed by atoms with Crippen molar-refractivity contribution in [2.45, 2.75) is 13.2 Å². The maximum absolute atomic E-state index is 6.32. The molecule has 0 spiro atoms. The van der Waals surface area contributed by atoms with Gasteiger partial charge in [0.1, 0.15) is 13.2 Å². The lowest BCUT2D eigenvalue weighted by Crippen LogP contribution is -2.36. The number of rotatable bonds is 5. The summed E-state index contributed by atoms with van der Waals surface area (Å²) in [4.78, 5) is 4.60. The highest BCUT2D eigenvalue weighted by molar-refractivity contribution is 5.47. The Kier molecular flexibility index (Phi) is 14.4. The number of benzene rings is 2. The molecule has 9 heteroatoms. The number of hydrogen-bond acceptors (Lipinski definition) is 9. The summed E-state index contributed by atoms with van der Waals surface area (Å²) in [6.07, 6.45) is 1.84. The molecule has 1 saturated heterocycles. The molecule has 3 aliphatic rings. The summed E-state index contributed by atoms with van der Waals surface area (Å²) in [5.41, 5.74) is 3.26. The molecule has 0 amide bonds. The number of hydrogen-bond donors (Lipinski definition) is 0. The second-order valence-electron chi connectivity index (χ2n) is 10.0. The van der Waals surface area contributed by atoms with Crippen LogP contribution in [0, 0.1) is 0 Å². The Morgan fingerprint density at radius 3 is 1.56 bits per heavy atom. The molecule has 0 radical (unpaired) electrons. The Hall–Kier alpha value is -2.50. The van der Waals surface area contributed by atoms with Gasteiger partial charge < -0.3 is 33.2 Å². The minimum atomic E-state index is 0.481. The lowest BCUT2D eigenvalue weighted by molar-refractivity contribution is 0.00505. The molecule has 2 aromatic rings. The highest BCUT2D eigenvalue weighted by atomic mass is 16.5. The van der Waals surface area contributed by atoms with Crippen LogP contribution in [0.5, 0.6) is 11.5 Å². The first-order valence-electron chi connectivity index (χ1n) is 14.7. The van der Waals surface area contributed by atoms with E-state index in [1.165, 1.54) is 0 Å². The van der Waals surface area contributed by atoms with Crippen molar-refractivity contribution in [2.24, 2.45) is 0 Å². The smallest absolute Gasteiger partial charge is 0.161 e. The van der Waals surface area contributed by atoms with Gasteiger partial charge in [0.2, 0.25) is 0 Å². The van der Waals surface area contributed by atoms with Crippen molar-refractivity contribution in [3.8, 4) is 11.5 Å². The highest BCUT2D eigenvalue weighted by Crippen LogP contribution is 2.29. The van der Waals surface area contributed by atoms with Gasteiger partial charge in [-0.15, -0.1) is 0 Å². The average Bonchev–Trinajstić information content (AvgIpc) is 2.99. The summed E-state index contributed by atoms with van der Waals surface area (Å²) in [5.74, 6) is 1.47. The van der Waals surface area contributed by atoms with Crippen molar-refractivity contribution < 1.29 is 33.2 Å². The van der Waals surface area contributed by atoms with E-state index in [0.29, 0.717) is 79.3 Å². The molecule has 3 aliphatic heterocycles. The van der Waals surface area contributed by atoms with E-state index in [-0.39, 0.29) is 0 Å². The summed E-state index contributed by atoms with van der Waals surface area (Å²) in [7, 11) is 0. The maximum Gasteiger partial charge on any atom is 0.161 e. The van der Waals surface area contributed by atoms with Gasteiger partial charge in [0.25, 0.3) is 0 Å². The van der Waals surface area contributed by atoms with Crippen LogP contribution >= 0.6 is 0 Å². The molecule has 2 aromatic carbocycles. The van der Waals surface area contributed by atoms with Crippen molar-refractivity contribution >= 4 is 6.08 Å². The van der Waals surface area contributed by atoms with Crippen LogP contribution in [0.3, 0.4) is 0 Å². The molecule has 0 aliphatic carbocycles. The predicted molar refractivity (Wildman–Crippen MR) is 159 cm³/mol. The topological polar surface area (TPSA) is 71.1 Å². The molecule has 9 nitrogen and oxygen atoms in total. The van der Waals surface area contributed by atoms with Crippen molar-refractivity contribution in [3.05, 3.63) is 65.7 Å². The van der Waals surface area contributed by atoms with Crippen LogP contribution in [0.25, 0.3) is 6.08 Å². The van der Waals surface area contributed by atoms with Gasteiger partial charge in [-0.05, 0) is 28.8 Å². The molecular formula is C32H46N2O7. The van der Waals surface area contributed by atoms with Crippen molar-refractivity contribution in [1.82, 2.24) is 9.80 Å². The SMILES string of the molecule is C=Cc1ccc(COCc2ccc3c(c2)OCCN2CCOCCOCCN(CCOCCOCC2)CCO3)cc1. The van der Waals surface area contributed by atoms with Crippen LogP contribution in [0.4, 0.5) is 0 Å². The van der Waals surface area contributed by atoms with Crippen molar-refractivity contribution in [1.29, 1.82) is 0 Å². The summed E-state index contributed by atoms with van der Waals surface area (Å²) in [6.45, 7) is 15.5. The minimum Gasteiger partial charge on any atom is -0.488 e. The van der Waals surface area contributed by atoms with E-state index in [4.69, 9.17) is 33.2 Å². The van der Waals surface area contributed by atoms with Gasteiger partial charge in [0.05, 0.1) is 66.1 Å². The van der Waals surface area contributed by atoms with Gasteiger partial charge in [0.15, 0.2) is 11.5 Å². The van der Waals surface area contributed by atoms with Crippen LogP contribution in [0.1, 0.15) is 16.7 Å². The molecule has 0 atom stereocenters. The van der Waals surface area contributed by atoms with Gasteiger partial charge >= 0.3 is 0 Å². The number of nitrogens with zero attached hydrogens (tertiary/aromatic N) is 2. The van der Waals surface area contributed by atoms with Crippen LogP contribution in [0.2, 0.25) is 0 Å². The molecule has 41 heavy (non-hydrogen) atoms. The van der Waals surface area contributed by atoms with Gasteiger partial charge in [-0.25, -0.2) is 0 Å². The Labute approximate surface area is 244 Å². The fourth-order valence-electron chi connectivity index (χ4n) is 4.57. The number of fused-ring (bicyclic) bond motifs is 18. The fraction of sp³-hybridized carbons (Fsp3) is 0.562. The standard InChI is InChI=1S/C32H46N2O7/c1-2-28-3-5-29(6-4-28)26-39-27-30-7-8-31-32(25-30)41-20-14-34-11-17-37-23-21-35-15-9-33(13-19-40-31)10-16-36-22-24-38-18-12-34/h2-8,25H,1,9-24,26-27H2. The first-order chi connectivity index (χ1) is 20.3. The molecule has 0 N–H and O–H groups in total. The lowest BCUT2D eigenvalue weighted by Gasteiger charge is -2.25. The van der Waals surface area contributed by atoms with Gasteiger partial charge in [-0.3, -0.25) is 9.80 Å². The molecule has 3 heterocycles. The van der Waals surface area contributed by atoms with E-state index >= 15 is 0 Å².